The second-order valence-electron chi connectivity index (χ2n) is 4.71. The number of nitrogens with two attached hydrogens (primary N) is 1. The number of rotatable bonds is 4. The molecule has 104 valence electrons. The van der Waals surface area contributed by atoms with Crippen molar-refractivity contribution in [2.45, 2.75) is 38.6 Å². The lowest BCUT2D eigenvalue weighted by atomic mass is 10.2. The number of hydrogen-bond donors (Lipinski definition) is 2. The molecular weight excluding hydrogens is 267 g/mol. The lowest BCUT2D eigenvalue weighted by Gasteiger charge is -2.23. The highest BCUT2D eigenvalue weighted by molar-refractivity contribution is 7.11. The Kier molecular flexibility index (Phi) is 4.71. The van der Waals surface area contributed by atoms with Crippen LogP contribution in [0.25, 0.3) is 0 Å². The Labute approximate surface area is 107 Å². The van der Waals surface area contributed by atoms with E-state index in [9.17, 15) is 13.2 Å². The van der Waals surface area contributed by atoms with Crippen molar-refractivity contribution in [3.8, 4) is 0 Å². The van der Waals surface area contributed by atoms with E-state index in [1.54, 1.807) is 0 Å². The normalized spacial score (nSPS) is 14.8. The van der Waals surface area contributed by atoms with Gasteiger partial charge in [-0.2, -0.15) is 13.2 Å². The van der Waals surface area contributed by atoms with E-state index in [0.717, 1.165) is 0 Å². The molecule has 1 aromatic rings. The van der Waals surface area contributed by atoms with Gasteiger partial charge in [-0.25, -0.2) is 10.4 Å². The SMILES string of the molecule is CC(C)(C)OCC(NN)c1cnc(C(F)(F)F)s1. The maximum absolute atomic E-state index is 12.4. The molecule has 3 N–H and O–H groups in total. The monoisotopic (exact) mass is 283 g/mol. The van der Waals surface area contributed by atoms with Crippen molar-refractivity contribution in [2.24, 2.45) is 5.84 Å². The highest BCUT2D eigenvalue weighted by Crippen LogP contribution is 2.34. The van der Waals surface area contributed by atoms with E-state index in [2.05, 4.69) is 10.4 Å². The van der Waals surface area contributed by atoms with Crippen molar-refractivity contribution >= 4 is 11.3 Å². The molecule has 1 atom stereocenters. The van der Waals surface area contributed by atoms with Crippen LogP contribution in [-0.4, -0.2) is 17.2 Å². The van der Waals surface area contributed by atoms with Crippen LogP contribution in [0, 0.1) is 0 Å². The van der Waals surface area contributed by atoms with Crippen LogP contribution in [0.4, 0.5) is 13.2 Å². The first kappa shape index (κ1) is 15.4. The largest absolute Gasteiger partial charge is 0.443 e. The lowest BCUT2D eigenvalue weighted by molar-refractivity contribution is -0.137. The molecule has 0 fully saturated rings. The van der Waals surface area contributed by atoms with Gasteiger partial charge >= 0.3 is 6.18 Å². The van der Waals surface area contributed by atoms with Gasteiger partial charge in [0, 0.05) is 11.1 Å². The van der Waals surface area contributed by atoms with Crippen molar-refractivity contribution in [3.05, 3.63) is 16.1 Å². The quantitative estimate of drug-likeness (QED) is 0.658. The zero-order valence-electron chi connectivity index (χ0n) is 10.3. The van der Waals surface area contributed by atoms with Crippen LogP contribution < -0.4 is 11.3 Å². The summed E-state index contributed by atoms with van der Waals surface area (Å²) in [6.45, 7) is 5.75. The molecule has 0 saturated heterocycles. The summed E-state index contributed by atoms with van der Waals surface area (Å²) in [6, 6.07) is -0.502. The zero-order valence-corrected chi connectivity index (χ0v) is 11.2. The molecule has 18 heavy (non-hydrogen) atoms. The number of aromatic nitrogens is 1. The van der Waals surface area contributed by atoms with Gasteiger partial charge in [-0.15, -0.1) is 11.3 Å². The Hall–Kier alpha value is -0.700. The minimum atomic E-state index is -4.42. The van der Waals surface area contributed by atoms with Gasteiger partial charge in [-0.3, -0.25) is 5.84 Å². The predicted molar refractivity (Wildman–Crippen MR) is 62.9 cm³/mol. The first-order valence-electron chi connectivity index (χ1n) is 5.26. The number of nitrogens with zero attached hydrogens (tertiary/aromatic N) is 1. The molecule has 0 aromatic carbocycles. The zero-order chi connectivity index (χ0) is 14.0. The molecule has 0 spiro atoms. The summed E-state index contributed by atoms with van der Waals surface area (Å²) in [5, 5.41) is -0.881. The van der Waals surface area contributed by atoms with Crippen LogP contribution in [0.1, 0.15) is 36.7 Å². The third-order valence-corrected chi connectivity index (χ3v) is 3.15. The highest BCUT2D eigenvalue weighted by atomic mass is 32.1. The van der Waals surface area contributed by atoms with E-state index in [1.165, 1.54) is 6.20 Å². The van der Waals surface area contributed by atoms with Crippen molar-refractivity contribution < 1.29 is 17.9 Å². The molecule has 1 heterocycles. The second kappa shape index (κ2) is 5.52. The fourth-order valence-corrected chi connectivity index (χ4v) is 1.95. The van der Waals surface area contributed by atoms with Crippen molar-refractivity contribution in [1.82, 2.24) is 10.4 Å². The van der Waals surface area contributed by atoms with Gasteiger partial charge in [0.25, 0.3) is 0 Å². The van der Waals surface area contributed by atoms with Gasteiger partial charge in [-0.1, -0.05) is 0 Å². The lowest BCUT2D eigenvalue weighted by Crippen LogP contribution is -2.33. The van der Waals surface area contributed by atoms with E-state index in [0.29, 0.717) is 16.2 Å². The molecule has 1 unspecified atom stereocenters. The smallest absolute Gasteiger partial charge is 0.374 e. The minimum Gasteiger partial charge on any atom is -0.374 e. The second-order valence-corrected chi connectivity index (χ2v) is 5.77. The first-order valence-corrected chi connectivity index (χ1v) is 6.08. The van der Waals surface area contributed by atoms with Crippen molar-refractivity contribution in [3.63, 3.8) is 0 Å². The van der Waals surface area contributed by atoms with E-state index in [1.807, 2.05) is 20.8 Å². The number of hydrazine groups is 1. The van der Waals surface area contributed by atoms with E-state index >= 15 is 0 Å². The average Bonchev–Trinajstić information content (AvgIpc) is 2.65. The Morgan fingerprint density at radius 2 is 2.06 bits per heavy atom. The number of thiazole rings is 1. The molecule has 0 aliphatic heterocycles. The Balaban J connectivity index is 2.74. The van der Waals surface area contributed by atoms with E-state index in [-0.39, 0.29) is 12.2 Å². The molecule has 1 aromatic heterocycles. The van der Waals surface area contributed by atoms with Crippen LogP contribution in [0.15, 0.2) is 6.20 Å². The molecule has 0 aliphatic carbocycles. The van der Waals surface area contributed by atoms with Crippen LogP contribution in [0.3, 0.4) is 0 Å². The number of alkyl halides is 3. The molecule has 8 heteroatoms. The molecule has 4 nitrogen and oxygen atoms in total. The van der Waals surface area contributed by atoms with Gasteiger partial charge in [-0.05, 0) is 20.8 Å². The minimum absolute atomic E-state index is 0.180. The Morgan fingerprint density at radius 1 is 1.44 bits per heavy atom. The molecule has 0 bridgehead atoms. The van der Waals surface area contributed by atoms with Crippen LogP contribution >= 0.6 is 11.3 Å². The molecule has 0 saturated carbocycles. The van der Waals surface area contributed by atoms with Gasteiger partial charge < -0.3 is 4.74 Å². The maximum atomic E-state index is 12.4. The van der Waals surface area contributed by atoms with E-state index < -0.39 is 17.2 Å². The van der Waals surface area contributed by atoms with Gasteiger partial charge in [0.05, 0.1) is 18.2 Å². The number of halogens is 3. The van der Waals surface area contributed by atoms with Gasteiger partial charge in [0.15, 0.2) is 5.01 Å². The Morgan fingerprint density at radius 3 is 2.44 bits per heavy atom. The van der Waals surface area contributed by atoms with E-state index in [4.69, 9.17) is 10.6 Å². The number of ether oxygens (including phenoxy) is 1. The molecule has 1 rings (SSSR count). The topological polar surface area (TPSA) is 60.2 Å². The van der Waals surface area contributed by atoms with Crippen molar-refractivity contribution in [2.75, 3.05) is 6.61 Å². The summed E-state index contributed by atoms with van der Waals surface area (Å²) in [7, 11) is 0. The van der Waals surface area contributed by atoms with Crippen molar-refractivity contribution in [1.29, 1.82) is 0 Å². The first-order chi connectivity index (χ1) is 8.13. The summed E-state index contributed by atoms with van der Waals surface area (Å²) >= 11 is 0.564. The third kappa shape index (κ3) is 4.52. The fourth-order valence-electron chi connectivity index (χ4n) is 1.12. The Bertz CT molecular complexity index is 386. The van der Waals surface area contributed by atoms with Crippen LogP contribution in [-0.2, 0) is 10.9 Å². The maximum Gasteiger partial charge on any atom is 0.443 e. The van der Waals surface area contributed by atoms with Gasteiger partial charge in [0.2, 0.25) is 0 Å². The predicted octanol–water partition coefficient (Wildman–Crippen LogP) is 2.48. The van der Waals surface area contributed by atoms with Gasteiger partial charge in [0.1, 0.15) is 0 Å². The van der Waals surface area contributed by atoms with Crippen LogP contribution in [0.2, 0.25) is 0 Å². The highest BCUT2D eigenvalue weighted by Gasteiger charge is 2.35. The number of hydrogen-bond acceptors (Lipinski definition) is 5. The standard InChI is InChI=1S/C10H16F3N3OS/c1-9(2,3)17-5-6(16-14)7-4-15-8(18-7)10(11,12)13/h4,6,16H,5,14H2,1-3H3. The summed E-state index contributed by atoms with van der Waals surface area (Å²) < 4.78 is 42.7. The molecule has 0 aliphatic rings. The number of nitrogens with one attached hydrogen (secondary N) is 1. The summed E-state index contributed by atoms with van der Waals surface area (Å²) in [5.41, 5.74) is 2.05. The van der Waals surface area contributed by atoms with Crippen LogP contribution in [0.5, 0.6) is 0 Å². The third-order valence-electron chi connectivity index (χ3n) is 1.99. The average molecular weight is 283 g/mol. The summed E-state index contributed by atoms with van der Waals surface area (Å²) in [5.74, 6) is 5.32. The summed E-state index contributed by atoms with van der Waals surface area (Å²) in [6.07, 6.45) is -3.25. The molecular formula is C10H16F3N3OS. The summed E-state index contributed by atoms with van der Waals surface area (Å²) in [4.78, 5) is 3.74. The molecule has 0 amide bonds. The molecule has 0 radical (unpaired) electrons. The fraction of sp³-hybridized carbons (Fsp3) is 0.700.